The number of rotatable bonds is 10. The van der Waals surface area contributed by atoms with E-state index in [1.807, 2.05) is 48.5 Å². The predicted octanol–water partition coefficient (Wildman–Crippen LogP) is 4.09. The molecule has 0 atom stereocenters. The summed E-state index contributed by atoms with van der Waals surface area (Å²) in [6.07, 6.45) is 2.66. The lowest BCUT2D eigenvalue weighted by molar-refractivity contribution is -0.114. The van der Waals surface area contributed by atoms with Gasteiger partial charge < -0.3 is 20.1 Å². The van der Waals surface area contributed by atoms with E-state index in [1.165, 1.54) is 0 Å². The summed E-state index contributed by atoms with van der Waals surface area (Å²) in [6, 6.07) is 14.8. The molecule has 0 aliphatic carbocycles. The molecule has 0 aromatic heterocycles. The van der Waals surface area contributed by atoms with Gasteiger partial charge in [-0.2, -0.15) is 0 Å². The Labute approximate surface area is 148 Å². The molecular weight excluding hydrogens is 316 g/mol. The van der Waals surface area contributed by atoms with Gasteiger partial charge in [-0.1, -0.05) is 19.6 Å². The van der Waals surface area contributed by atoms with Gasteiger partial charge in [-0.15, -0.1) is 0 Å². The first-order valence-corrected chi connectivity index (χ1v) is 8.31. The van der Waals surface area contributed by atoms with Gasteiger partial charge in [0.25, 0.3) is 0 Å². The van der Waals surface area contributed by atoms with Crippen molar-refractivity contribution in [2.75, 3.05) is 30.4 Å². The van der Waals surface area contributed by atoms with Crippen LogP contribution >= 0.6 is 0 Å². The first-order valence-electron chi connectivity index (χ1n) is 8.31. The van der Waals surface area contributed by atoms with E-state index in [1.54, 1.807) is 6.08 Å². The average Bonchev–Trinajstić information content (AvgIpc) is 2.65. The lowest BCUT2D eigenvalue weighted by Crippen LogP contribution is -2.21. The molecule has 1 amide bonds. The summed E-state index contributed by atoms with van der Waals surface area (Å²) in [5, 5.41) is 5.92. The molecule has 0 unspecified atom stereocenters. The second-order valence-corrected chi connectivity index (χ2v) is 5.40. The Balaban J connectivity index is 1.77. The van der Waals surface area contributed by atoms with Gasteiger partial charge in [0, 0.05) is 11.4 Å². The van der Waals surface area contributed by atoms with Crippen molar-refractivity contribution in [3.63, 3.8) is 0 Å². The maximum atomic E-state index is 12.0. The van der Waals surface area contributed by atoms with Crippen molar-refractivity contribution in [3.8, 4) is 11.5 Å². The third kappa shape index (κ3) is 6.59. The third-order valence-electron chi connectivity index (χ3n) is 3.29. The van der Waals surface area contributed by atoms with Crippen molar-refractivity contribution in [2.24, 2.45) is 0 Å². The summed E-state index contributed by atoms with van der Waals surface area (Å²) >= 11 is 0. The zero-order valence-corrected chi connectivity index (χ0v) is 14.5. The minimum Gasteiger partial charge on any atom is -0.494 e. The standard InChI is InChI=1S/C20H24N2O3/c1-3-13-24-18-9-5-16(6-10-18)21-15-20(23)22-17-7-11-19(12-8-17)25-14-4-2/h3,5-12,21H,1,4,13-15H2,2H3,(H,22,23). The molecule has 0 aliphatic rings. The number of benzene rings is 2. The lowest BCUT2D eigenvalue weighted by Gasteiger charge is -2.10. The molecule has 2 aromatic carbocycles. The Morgan fingerprint density at radius 3 is 2.20 bits per heavy atom. The zero-order chi connectivity index (χ0) is 17.9. The Morgan fingerprint density at radius 2 is 1.60 bits per heavy atom. The van der Waals surface area contributed by atoms with Gasteiger partial charge >= 0.3 is 0 Å². The quantitative estimate of drug-likeness (QED) is 0.640. The first kappa shape index (κ1) is 18.4. The highest BCUT2D eigenvalue weighted by atomic mass is 16.5. The summed E-state index contributed by atoms with van der Waals surface area (Å²) < 4.78 is 10.9. The van der Waals surface area contributed by atoms with E-state index in [0.29, 0.717) is 13.2 Å². The van der Waals surface area contributed by atoms with Crippen LogP contribution < -0.4 is 20.1 Å². The molecule has 5 nitrogen and oxygen atoms in total. The topological polar surface area (TPSA) is 59.6 Å². The van der Waals surface area contributed by atoms with Crippen LogP contribution in [0.3, 0.4) is 0 Å². The van der Waals surface area contributed by atoms with Crippen LogP contribution in [-0.4, -0.2) is 25.7 Å². The van der Waals surface area contributed by atoms with Crippen molar-refractivity contribution in [1.82, 2.24) is 0 Å². The SMILES string of the molecule is C=CCOc1ccc(NCC(=O)Nc2ccc(OCCC)cc2)cc1. The minimum atomic E-state index is -0.116. The molecular formula is C20H24N2O3. The summed E-state index contributed by atoms with van der Waals surface area (Å²) in [5.74, 6) is 1.45. The van der Waals surface area contributed by atoms with Crippen molar-refractivity contribution in [3.05, 3.63) is 61.2 Å². The van der Waals surface area contributed by atoms with Gasteiger partial charge in [-0.25, -0.2) is 0 Å². The second-order valence-electron chi connectivity index (χ2n) is 5.40. The highest BCUT2D eigenvalue weighted by molar-refractivity contribution is 5.93. The molecule has 0 saturated carbocycles. The van der Waals surface area contributed by atoms with E-state index in [2.05, 4.69) is 24.1 Å². The summed E-state index contributed by atoms with van der Waals surface area (Å²) in [7, 11) is 0. The Hall–Kier alpha value is -2.95. The normalized spacial score (nSPS) is 9.96. The van der Waals surface area contributed by atoms with Gasteiger partial charge in [0.15, 0.2) is 0 Å². The Morgan fingerprint density at radius 1 is 1.00 bits per heavy atom. The number of hydrogen-bond acceptors (Lipinski definition) is 4. The molecule has 2 aromatic rings. The third-order valence-corrected chi connectivity index (χ3v) is 3.29. The molecule has 2 N–H and O–H groups in total. The van der Waals surface area contributed by atoms with Gasteiger partial charge in [0.05, 0.1) is 13.2 Å². The van der Waals surface area contributed by atoms with E-state index in [0.717, 1.165) is 29.3 Å². The van der Waals surface area contributed by atoms with Crippen LogP contribution in [0, 0.1) is 0 Å². The van der Waals surface area contributed by atoms with Crippen LogP contribution in [0.5, 0.6) is 11.5 Å². The van der Waals surface area contributed by atoms with E-state index in [-0.39, 0.29) is 12.5 Å². The molecule has 2 rings (SSSR count). The molecule has 0 saturated heterocycles. The highest BCUT2D eigenvalue weighted by Gasteiger charge is 2.03. The number of ether oxygens (including phenoxy) is 2. The zero-order valence-electron chi connectivity index (χ0n) is 14.5. The van der Waals surface area contributed by atoms with Crippen molar-refractivity contribution in [2.45, 2.75) is 13.3 Å². The van der Waals surface area contributed by atoms with Crippen LogP contribution in [0.15, 0.2) is 61.2 Å². The van der Waals surface area contributed by atoms with Crippen molar-refractivity contribution < 1.29 is 14.3 Å². The second kappa shape index (κ2) is 10.0. The fourth-order valence-electron chi connectivity index (χ4n) is 2.07. The predicted molar refractivity (Wildman–Crippen MR) is 101 cm³/mol. The molecule has 0 aliphatic heterocycles. The van der Waals surface area contributed by atoms with Crippen molar-refractivity contribution >= 4 is 17.3 Å². The number of hydrogen-bond donors (Lipinski definition) is 2. The summed E-state index contributed by atoms with van der Waals surface area (Å²) in [4.78, 5) is 12.0. The fraction of sp³-hybridized carbons (Fsp3) is 0.250. The Bertz CT molecular complexity index is 666. The number of carbonyl (C=O) groups excluding carboxylic acids is 1. The fourth-order valence-corrected chi connectivity index (χ4v) is 2.07. The van der Waals surface area contributed by atoms with Gasteiger partial charge in [0.2, 0.25) is 5.91 Å². The highest BCUT2D eigenvalue weighted by Crippen LogP contribution is 2.17. The smallest absolute Gasteiger partial charge is 0.243 e. The van der Waals surface area contributed by atoms with Gasteiger partial charge in [-0.05, 0) is 55.0 Å². The molecule has 0 spiro atoms. The number of amides is 1. The van der Waals surface area contributed by atoms with Crippen LogP contribution in [-0.2, 0) is 4.79 Å². The lowest BCUT2D eigenvalue weighted by atomic mass is 10.3. The maximum Gasteiger partial charge on any atom is 0.243 e. The maximum absolute atomic E-state index is 12.0. The van der Waals surface area contributed by atoms with Crippen LogP contribution in [0.4, 0.5) is 11.4 Å². The van der Waals surface area contributed by atoms with Crippen LogP contribution in [0.1, 0.15) is 13.3 Å². The molecule has 0 radical (unpaired) electrons. The molecule has 5 heteroatoms. The van der Waals surface area contributed by atoms with Gasteiger partial charge in [0.1, 0.15) is 18.1 Å². The summed E-state index contributed by atoms with van der Waals surface area (Å²) in [5.41, 5.74) is 1.59. The first-order chi connectivity index (χ1) is 12.2. The molecule has 0 heterocycles. The minimum absolute atomic E-state index is 0.116. The summed E-state index contributed by atoms with van der Waals surface area (Å²) in [6.45, 7) is 7.00. The Kier molecular flexibility index (Phi) is 7.38. The van der Waals surface area contributed by atoms with Crippen LogP contribution in [0.2, 0.25) is 0 Å². The molecule has 0 bridgehead atoms. The van der Waals surface area contributed by atoms with E-state index < -0.39 is 0 Å². The molecule has 25 heavy (non-hydrogen) atoms. The number of anilines is 2. The van der Waals surface area contributed by atoms with Gasteiger partial charge in [-0.3, -0.25) is 4.79 Å². The van der Waals surface area contributed by atoms with Crippen molar-refractivity contribution in [1.29, 1.82) is 0 Å². The van der Waals surface area contributed by atoms with E-state index in [4.69, 9.17) is 9.47 Å². The monoisotopic (exact) mass is 340 g/mol. The molecule has 132 valence electrons. The average molecular weight is 340 g/mol. The largest absolute Gasteiger partial charge is 0.494 e. The number of carbonyl (C=O) groups is 1. The van der Waals surface area contributed by atoms with Crippen LogP contribution in [0.25, 0.3) is 0 Å². The van der Waals surface area contributed by atoms with E-state index in [9.17, 15) is 4.79 Å². The van der Waals surface area contributed by atoms with E-state index >= 15 is 0 Å². The number of nitrogens with one attached hydrogen (secondary N) is 2. The molecule has 0 fully saturated rings.